The fourth-order valence-electron chi connectivity index (χ4n) is 0.975. The molecule has 1 heterocycles. The number of ether oxygens (including phenoxy) is 1. The van der Waals surface area contributed by atoms with Gasteiger partial charge in [0.1, 0.15) is 17.5 Å². The maximum atomic E-state index is 5.76. The molecule has 0 aliphatic carbocycles. The van der Waals surface area contributed by atoms with Crippen LogP contribution < -0.4 is 4.74 Å². The molecule has 0 saturated heterocycles. The number of pyridine rings is 1. The number of rotatable bonds is 4. The van der Waals surface area contributed by atoms with Crippen molar-refractivity contribution in [1.29, 1.82) is 0 Å². The van der Waals surface area contributed by atoms with Crippen molar-refractivity contribution in [3.8, 4) is 5.75 Å². The first-order chi connectivity index (χ1) is 6.59. The highest BCUT2D eigenvalue weighted by atomic mass is 35.5. The van der Waals surface area contributed by atoms with Gasteiger partial charge in [-0.1, -0.05) is 11.6 Å². The van der Waals surface area contributed by atoms with Gasteiger partial charge in [0.15, 0.2) is 0 Å². The summed E-state index contributed by atoms with van der Waals surface area (Å²) < 4.78 is 5.56. The third kappa shape index (κ3) is 3.52. The van der Waals surface area contributed by atoms with Crippen molar-refractivity contribution in [2.24, 2.45) is 0 Å². The predicted molar refractivity (Wildman–Crippen MR) is 58.0 cm³/mol. The Morgan fingerprint density at radius 2 is 2.21 bits per heavy atom. The van der Waals surface area contributed by atoms with Crippen LogP contribution in [0.1, 0.15) is 5.56 Å². The summed E-state index contributed by atoms with van der Waals surface area (Å²) in [7, 11) is 4.02. The van der Waals surface area contributed by atoms with Crippen molar-refractivity contribution >= 4 is 11.6 Å². The first-order valence-electron chi connectivity index (χ1n) is 4.49. The molecule has 1 aromatic heterocycles. The minimum Gasteiger partial charge on any atom is -0.492 e. The standard InChI is InChI=1S/C10H15ClN2O/c1-8-7-12-10(11)6-9(8)14-5-4-13(2)3/h6-7H,4-5H2,1-3H3. The quantitative estimate of drug-likeness (QED) is 0.717. The van der Waals surface area contributed by atoms with Gasteiger partial charge in [0.2, 0.25) is 0 Å². The van der Waals surface area contributed by atoms with E-state index in [1.54, 1.807) is 12.3 Å². The van der Waals surface area contributed by atoms with E-state index in [9.17, 15) is 0 Å². The van der Waals surface area contributed by atoms with Crippen LogP contribution in [0.15, 0.2) is 12.3 Å². The van der Waals surface area contributed by atoms with Gasteiger partial charge in [0, 0.05) is 24.4 Å². The smallest absolute Gasteiger partial charge is 0.132 e. The van der Waals surface area contributed by atoms with E-state index in [1.807, 2.05) is 21.0 Å². The van der Waals surface area contributed by atoms with Crippen molar-refractivity contribution in [3.63, 3.8) is 0 Å². The van der Waals surface area contributed by atoms with Gasteiger partial charge in [-0.25, -0.2) is 4.98 Å². The lowest BCUT2D eigenvalue weighted by atomic mass is 10.3. The van der Waals surface area contributed by atoms with Crippen LogP contribution in [0.2, 0.25) is 5.15 Å². The van der Waals surface area contributed by atoms with Gasteiger partial charge in [-0.15, -0.1) is 0 Å². The lowest BCUT2D eigenvalue weighted by Gasteiger charge is -2.12. The van der Waals surface area contributed by atoms with E-state index in [0.717, 1.165) is 17.9 Å². The van der Waals surface area contributed by atoms with Gasteiger partial charge < -0.3 is 9.64 Å². The van der Waals surface area contributed by atoms with Crippen LogP contribution in [-0.2, 0) is 0 Å². The topological polar surface area (TPSA) is 25.4 Å². The number of hydrogen-bond donors (Lipinski definition) is 0. The largest absolute Gasteiger partial charge is 0.492 e. The van der Waals surface area contributed by atoms with Crippen LogP contribution in [0, 0.1) is 6.92 Å². The summed E-state index contributed by atoms with van der Waals surface area (Å²) in [6, 6.07) is 1.74. The fourth-order valence-corrected chi connectivity index (χ4v) is 1.12. The molecule has 0 aliphatic rings. The summed E-state index contributed by atoms with van der Waals surface area (Å²) in [5, 5.41) is 0.468. The second-order valence-corrected chi connectivity index (χ2v) is 3.81. The second kappa shape index (κ2) is 5.17. The Bertz CT molecular complexity index is 302. The van der Waals surface area contributed by atoms with Crippen LogP contribution in [0.4, 0.5) is 0 Å². The molecular formula is C10H15ClN2O. The lowest BCUT2D eigenvalue weighted by Crippen LogP contribution is -2.19. The monoisotopic (exact) mass is 214 g/mol. The average molecular weight is 215 g/mol. The van der Waals surface area contributed by atoms with Crippen molar-refractivity contribution in [2.45, 2.75) is 6.92 Å². The molecule has 0 aromatic carbocycles. The Labute approximate surface area is 89.7 Å². The molecule has 0 N–H and O–H groups in total. The molecule has 0 bridgehead atoms. The molecule has 1 aromatic rings. The first kappa shape index (κ1) is 11.3. The highest BCUT2D eigenvalue weighted by molar-refractivity contribution is 6.29. The number of hydrogen-bond acceptors (Lipinski definition) is 3. The van der Waals surface area contributed by atoms with Gasteiger partial charge in [0.05, 0.1) is 0 Å². The maximum absolute atomic E-state index is 5.76. The molecule has 4 heteroatoms. The number of aromatic nitrogens is 1. The zero-order chi connectivity index (χ0) is 10.6. The van der Waals surface area contributed by atoms with Crippen molar-refractivity contribution < 1.29 is 4.74 Å². The summed E-state index contributed by atoms with van der Waals surface area (Å²) in [5.74, 6) is 0.812. The molecule has 0 saturated carbocycles. The summed E-state index contributed by atoms with van der Waals surface area (Å²) in [6.07, 6.45) is 1.72. The highest BCUT2D eigenvalue weighted by Gasteiger charge is 2.01. The lowest BCUT2D eigenvalue weighted by molar-refractivity contribution is 0.260. The van der Waals surface area contributed by atoms with Crippen LogP contribution in [0.25, 0.3) is 0 Å². The molecule has 0 unspecified atom stereocenters. The molecule has 0 spiro atoms. The molecule has 1 rings (SSSR count). The van der Waals surface area contributed by atoms with Crippen molar-refractivity contribution in [1.82, 2.24) is 9.88 Å². The molecule has 0 aliphatic heterocycles. The summed E-state index contributed by atoms with van der Waals surface area (Å²) >= 11 is 5.76. The molecular weight excluding hydrogens is 200 g/mol. The van der Waals surface area contributed by atoms with E-state index in [0.29, 0.717) is 11.8 Å². The molecule has 0 radical (unpaired) electrons. The molecule has 14 heavy (non-hydrogen) atoms. The maximum Gasteiger partial charge on any atom is 0.132 e. The van der Waals surface area contributed by atoms with Gasteiger partial charge in [-0.3, -0.25) is 0 Å². The van der Waals surface area contributed by atoms with E-state index in [1.165, 1.54) is 0 Å². The van der Waals surface area contributed by atoms with Gasteiger partial charge >= 0.3 is 0 Å². The molecule has 3 nitrogen and oxygen atoms in total. The average Bonchev–Trinajstić information content (AvgIpc) is 2.10. The van der Waals surface area contributed by atoms with E-state index in [-0.39, 0.29) is 0 Å². The molecule has 0 amide bonds. The molecule has 0 atom stereocenters. The van der Waals surface area contributed by atoms with Crippen LogP contribution in [0.5, 0.6) is 5.75 Å². The zero-order valence-electron chi connectivity index (χ0n) is 8.75. The number of aryl methyl sites for hydroxylation is 1. The van der Waals surface area contributed by atoms with E-state index in [4.69, 9.17) is 16.3 Å². The first-order valence-corrected chi connectivity index (χ1v) is 4.87. The Morgan fingerprint density at radius 3 is 2.86 bits per heavy atom. The van der Waals surface area contributed by atoms with Crippen molar-refractivity contribution in [3.05, 3.63) is 23.0 Å². The molecule has 0 fully saturated rings. The van der Waals surface area contributed by atoms with Crippen LogP contribution in [-0.4, -0.2) is 37.1 Å². The Morgan fingerprint density at radius 1 is 1.50 bits per heavy atom. The SMILES string of the molecule is Cc1cnc(Cl)cc1OCCN(C)C. The van der Waals surface area contributed by atoms with Crippen LogP contribution in [0.3, 0.4) is 0 Å². The molecule has 78 valence electrons. The Kier molecular flexibility index (Phi) is 4.17. The summed E-state index contributed by atoms with van der Waals surface area (Å²) in [4.78, 5) is 6.03. The Balaban J connectivity index is 2.53. The van der Waals surface area contributed by atoms with Gasteiger partial charge in [0.25, 0.3) is 0 Å². The third-order valence-corrected chi connectivity index (χ3v) is 2.02. The van der Waals surface area contributed by atoms with Gasteiger partial charge in [-0.05, 0) is 21.0 Å². The highest BCUT2D eigenvalue weighted by Crippen LogP contribution is 2.19. The number of halogens is 1. The van der Waals surface area contributed by atoms with E-state index in [2.05, 4.69) is 9.88 Å². The van der Waals surface area contributed by atoms with Gasteiger partial charge in [-0.2, -0.15) is 0 Å². The Hall–Kier alpha value is -0.800. The minimum atomic E-state index is 0.468. The van der Waals surface area contributed by atoms with E-state index >= 15 is 0 Å². The summed E-state index contributed by atoms with van der Waals surface area (Å²) in [5.41, 5.74) is 1.01. The summed E-state index contributed by atoms with van der Waals surface area (Å²) in [6.45, 7) is 3.50. The fraction of sp³-hybridized carbons (Fsp3) is 0.500. The number of nitrogens with zero attached hydrogens (tertiary/aromatic N) is 2. The second-order valence-electron chi connectivity index (χ2n) is 3.42. The predicted octanol–water partition coefficient (Wildman–Crippen LogP) is 1.98. The van der Waals surface area contributed by atoms with E-state index < -0.39 is 0 Å². The number of likely N-dealkylation sites (N-methyl/N-ethyl adjacent to an activating group) is 1. The third-order valence-electron chi connectivity index (χ3n) is 1.82. The van der Waals surface area contributed by atoms with Crippen LogP contribution >= 0.6 is 11.6 Å². The zero-order valence-corrected chi connectivity index (χ0v) is 9.51. The minimum absolute atomic E-state index is 0.468. The normalized spacial score (nSPS) is 10.6. The van der Waals surface area contributed by atoms with Crippen molar-refractivity contribution in [2.75, 3.05) is 27.2 Å².